The second-order valence-corrected chi connectivity index (χ2v) is 17.7. The highest BCUT2D eigenvalue weighted by Gasteiger charge is 2.61. The summed E-state index contributed by atoms with van der Waals surface area (Å²) in [6.07, 6.45) is 6.87. The lowest BCUT2D eigenvalue weighted by molar-refractivity contribution is -0.0399. The van der Waals surface area contributed by atoms with E-state index < -0.39 is 0 Å². The molecule has 5 aliphatic carbocycles. The zero-order chi connectivity index (χ0) is 39.1. The Morgan fingerprint density at radius 1 is 0.356 bits per heavy atom. The van der Waals surface area contributed by atoms with Gasteiger partial charge in [0.2, 0.25) is 0 Å². The maximum Gasteiger partial charge on any atom is 0.164 e. The molecule has 3 heteroatoms. The second kappa shape index (κ2) is 13.6. The Labute approximate surface area is 346 Å². The highest BCUT2D eigenvalue weighted by Crippen LogP contribution is 2.69. The van der Waals surface area contributed by atoms with Crippen molar-refractivity contribution < 1.29 is 0 Å². The average Bonchev–Trinajstić information content (AvgIpc) is 3.58. The first kappa shape index (κ1) is 34.6. The fourth-order valence-corrected chi connectivity index (χ4v) is 12.1. The fraction of sp³-hybridized carbons (Fsp3) is 0.196. The van der Waals surface area contributed by atoms with Crippen LogP contribution in [-0.4, -0.2) is 15.0 Å². The Morgan fingerprint density at radius 2 is 0.864 bits per heavy atom. The third kappa shape index (κ3) is 5.58. The maximum absolute atomic E-state index is 5.21. The van der Waals surface area contributed by atoms with Crippen molar-refractivity contribution in [3.8, 4) is 78.7 Å². The number of nitrogens with zero attached hydrogens (tertiary/aromatic N) is 3. The summed E-state index contributed by atoms with van der Waals surface area (Å²) in [4.78, 5) is 15.4. The second-order valence-electron chi connectivity index (χ2n) is 17.7. The standard InChI is InChI=1S/C56H45N3/c1-35-13-11-12-20-48(35)44-30-43(31-45(32-44)55-58-53(39-16-7-3-8-17-39)57-54(59-55)40-18-9-4-10-19-40)42-21-23-49-50-33-41(38-14-5-2-6-15-38)22-24-51(50)56(52(49)34-42)46-26-36-25-37(28-46)29-47(56)27-36/h2-24,30-34,36-37,46-47H,25-29H2,1H3. The van der Waals surface area contributed by atoms with Crippen molar-refractivity contribution in [3.63, 3.8) is 0 Å². The third-order valence-corrected chi connectivity index (χ3v) is 14.4. The Hall–Kier alpha value is -6.45. The molecule has 0 saturated heterocycles. The molecule has 4 bridgehead atoms. The molecule has 0 unspecified atom stereocenters. The minimum atomic E-state index is 0.0587. The van der Waals surface area contributed by atoms with Crippen molar-refractivity contribution in [1.29, 1.82) is 0 Å². The molecule has 4 fully saturated rings. The molecule has 0 amide bonds. The van der Waals surface area contributed by atoms with Crippen LogP contribution in [-0.2, 0) is 5.41 Å². The van der Waals surface area contributed by atoms with E-state index in [4.69, 9.17) is 15.0 Å². The summed E-state index contributed by atoms with van der Waals surface area (Å²) in [5.41, 5.74) is 17.7. The van der Waals surface area contributed by atoms with E-state index in [9.17, 15) is 0 Å². The predicted octanol–water partition coefficient (Wildman–Crippen LogP) is 13.9. The van der Waals surface area contributed by atoms with Crippen LogP contribution in [0.5, 0.6) is 0 Å². The van der Waals surface area contributed by atoms with Crippen molar-refractivity contribution in [2.45, 2.75) is 44.4 Å². The lowest BCUT2D eigenvalue weighted by Crippen LogP contribution is -2.55. The average molecular weight is 760 g/mol. The van der Waals surface area contributed by atoms with Gasteiger partial charge in [0.15, 0.2) is 17.5 Å². The van der Waals surface area contributed by atoms with E-state index in [-0.39, 0.29) is 5.41 Å². The molecule has 0 atom stereocenters. The SMILES string of the molecule is Cc1ccccc1-c1cc(-c2ccc3c(c2)C2(c4ccc(-c5ccccc5)cc4-3)C3CC4CC(C3)CC2C4)cc(-c2nc(-c3ccccc3)nc(-c3ccccc3)n2)c1. The molecule has 13 rings (SSSR count). The Kier molecular flexibility index (Phi) is 7.95. The van der Waals surface area contributed by atoms with Crippen LogP contribution in [0.15, 0.2) is 170 Å². The Morgan fingerprint density at radius 3 is 1.49 bits per heavy atom. The highest BCUT2D eigenvalue weighted by atomic mass is 15.0. The summed E-state index contributed by atoms with van der Waals surface area (Å²) in [5.74, 6) is 5.16. The van der Waals surface area contributed by atoms with Gasteiger partial charge in [0, 0.05) is 22.1 Å². The van der Waals surface area contributed by atoms with E-state index in [1.165, 1.54) is 82.2 Å². The maximum atomic E-state index is 5.21. The van der Waals surface area contributed by atoms with Gasteiger partial charge in [-0.3, -0.25) is 0 Å². The van der Waals surface area contributed by atoms with Crippen LogP contribution >= 0.6 is 0 Å². The molecule has 284 valence electrons. The number of hydrogen-bond donors (Lipinski definition) is 0. The van der Waals surface area contributed by atoms with Gasteiger partial charge in [-0.1, -0.05) is 140 Å². The third-order valence-electron chi connectivity index (χ3n) is 14.4. The zero-order valence-corrected chi connectivity index (χ0v) is 33.4. The molecule has 5 aliphatic rings. The monoisotopic (exact) mass is 759 g/mol. The summed E-state index contributed by atoms with van der Waals surface area (Å²) in [6.45, 7) is 2.21. The molecule has 0 radical (unpaired) electrons. The van der Waals surface area contributed by atoms with Crippen molar-refractivity contribution in [2.75, 3.05) is 0 Å². The van der Waals surface area contributed by atoms with Crippen LogP contribution in [0.2, 0.25) is 0 Å². The van der Waals surface area contributed by atoms with Crippen LogP contribution in [0.25, 0.3) is 78.7 Å². The van der Waals surface area contributed by atoms with Gasteiger partial charge in [0.25, 0.3) is 0 Å². The van der Waals surface area contributed by atoms with Crippen molar-refractivity contribution in [3.05, 3.63) is 187 Å². The van der Waals surface area contributed by atoms with Gasteiger partial charge in [0.1, 0.15) is 0 Å². The van der Waals surface area contributed by atoms with Gasteiger partial charge < -0.3 is 0 Å². The molecule has 1 spiro atoms. The Balaban J connectivity index is 1.06. The molecular weight excluding hydrogens is 715 g/mol. The molecule has 59 heavy (non-hydrogen) atoms. The van der Waals surface area contributed by atoms with E-state index in [2.05, 4.69) is 140 Å². The normalized spacial score (nSPS) is 22.1. The summed E-state index contributed by atoms with van der Waals surface area (Å²) in [5, 5.41) is 0. The minimum absolute atomic E-state index is 0.0587. The molecular formula is C56H45N3. The van der Waals surface area contributed by atoms with E-state index in [1.54, 1.807) is 11.1 Å². The van der Waals surface area contributed by atoms with Crippen molar-refractivity contribution in [2.24, 2.45) is 23.7 Å². The van der Waals surface area contributed by atoms with Gasteiger partial charge >= 0.3 is 0 Å². The predicted molar refractivity (Wildman–Crippen MR) is 240 cm³/mol. The number of aryl methyl sites for hydroxylation is 1. The Bertz CT molecular complexity index is 2810. The molecule has 1 aromatic heterocycles. The highest BCUT2D eigenvalue weighted by molar-refractivity contribution is 5.89. The molecule has 3 nitrogen and oxygen atoms in total. The fourth-order valence-electron chi connectivity index (χ4n) is 12.1. The quantitative estimate of drug-likeness (QED) is 0.169. The number of hydrogen-bond acceptors (Lipinski definition) is 3. The molecule has 8 aromatic rings. The largest absolute Gasteiger partial charge is 0.208 e. The number of rotatable bonds is 6. The summed E-state index contributed by atoms with van der Waals surface area (Å²) in [6, 6.07) is 62.1. The molecule has 1 heterocycles. The van der Waals surface area contributed by atoms with Crippen LogP contribution in [0, 0.1) is 30.6 Å². The lowest BCUT2D eigenvalue weighted by atomic mass is 9.43. The first-order valence-corrected chi connectivity index (χ1v) is 21.5. The zero-order valence-electron chi connectivity index (χ0n) is 33.4. The summed E-state index contributed by atoms with van der Waals surface area (Å²) < 4.78 is 0. The van der Waals surface area contributed by atoms with Gasteiger partial charge in [-0.2, -0.15) is 0 Å². The summed E-state index contributed by atoms with van der Waals surface area (Å²) >= 11 is 0. The lowest BCUT2D eigenvalue weighted by Gasteiger charge is -2.61. The van der Waals surface area contributed by atoms with Gasteiger partial charge in [-0.25, -0.2) is 15.0 Å². The van der Waals surface area contributed by atoms with E-state index in [0.717, 1.165) is 28.5 Å². The van der Waals surface area contributed by atoms with Crippen molar-refractivity contribution in [1.82, 2.24) is 15.0 Å². The van der Waals surface area contributed by atoms with E-state index in [1.807, 2.05) is 36.4 Å². The van der Waals surface area contributed by atoms with E-state index in [0.29, 0.717) is 29.3 Å². The smallest absolute Gasteiger partial charge is 0.164 e. The van der Waals surface area contributed by atoms with Gasteiger partial charge in [-0.15, -0.1) is 0 Å². The van der Waals surface area contributed by atoms with Gasteiger partial charge in [-0.05, 0) is 154 Å². The molecule has 7 aromatic carbocycles. The molecule has 0 N–H and O–H groups in total. The molecule has 0 aliphatic heterocycles. The topological polar surface area (TPSA) is 38.7 Å². The first-order valence-electron chi connectivity index (χ1n) is 21.5. The van der Waals surface area contributed by atoms with Crippen LogP contribution in [0.3, 0.4) is 0 Å². The number of fused-ring (bicyclic) bond motifs is 3. The van der Waals surface area contributed by atoms with E-state index >= 15 is 0 Å². The van der Waals surface area contributed by atoms with Crippen LogP contribution in [0.4, 0.5) is 0 Å². The first-order chi connectivity index (χ1) is 29.1. The van der Waals surface area contributed by atoms with Crippen LogP contribution < -0.4 is 0 Å². The van der Waals surface area contributed by atoms with Crippen LogP contribution in [0.1, 0.15) is 48.8 Å². The molecule has 4 saturated carbocycles. The summed E-state index contributed by atoms with van der Waals surface area (Å²) in [7, 11) is 0. The number of benzene rings is 7. The minimum Gasteiger partial charge on any atom is -0.208 e. The van der Waals surface area contributed by atoms with Gasteiger partial charge in [0.05, 0.1) is 0 Å². The van der Waals surface area contributed by atoms with Crippen molar-refractivity contribution >= 4 is 0 Å². The number of aromatic nitrogens is 3.